The predicted octanol–water partition coefficient (Wildman–Crippen LogP) is 3.04. The van der Waals surface area contributed by atoms with Crippen LogP contribution < -0.4 is 0 Å². The minimum Gasteiger partial charge on any atom is -0.0622 e. The van der Waals surface area contributed by atoms with E-state index in [0.29, 0.717) is 0 Å². The van der Waals surface area contributed by atoms with Crippen LogP contribution in [-0.4, -0.2) is 0 Å². The molecule has 0 aromatic carbocycles. The second-order valence-corrected chi connectivity index (χ2v) is 3.43. The van der Waals surface area contributed by atoms with Crippen LogP contribution in [0.25, 0.3) is 0 Å². The molecule has 0 aromatic rings. The highest BCUT2D eigenvalue weighted by molar-refractivity contribution is 4.81. The van der Waals surface area contributed by atoms with E-state index in [4.69, 9.17) is 0 Å². The van der Waals surface area contributed by atoms with Gasteiger partial charge in [0, 0.05) is 0 Å². The van der Waals surface area contributed by atoms with Crippen LogP contribution in [0.2, 0.25) is 0 Å². The van der Waals surface area contributed by atoms with Crippen LogP contribution in [0.4, 0.5) is 0 Å². The zero-order valence-corrected chi connectivity index (χ0v) is 6.56. The molecule has 0 heteroatoms. The zero-order valence-electron chi connectivity index (χ0n) is 6.56. The van der Waals surface area contributed by atoms with Crippen LogP contribution in [0.3, 0.4) is 0 Å². The molecule has 1 fully saturated rings. The molecule has 2 unspecified atom stereocenters. The first-order chi connectivity index (χ1) is 4.29. The maximum Gasteiger partial charge on any atom is -0.0329 e. The van der Waals surface area contributed by atoms with Gasteiger partial charge in [0.1, 0.15) is 0 Å². The normalized spacial score (nSPS) is 38.0. The van der Waals surface area contributed by atoms with Gasteiger partial charge < -0.3 is 0 Å². The van der Waals surface area contributed by atoms with Crippen LogP contribution in [0.5, 0.6) is 0 Å². The topological polar surface area (TPSA) is 0 Å². The fourth-order valence-electron chi connectivity index (χ4n) is 1.69. The first kappa shape index (κ1) is 7.11. The summed E-state index contributed by atoms with van der Waals surface area (Å²) in [7, 11) is 0. The molecular weight excluding hydrogens is 108 g/mol. The summed E-state index contributed by atoms with van der Waals surface area (Å²) in [4.78, 5) is 0. The predicted molar refractivity (Wildman–Crippen MR) is 41.1 cm³/mol. The van der Waals surface area contributed by atoms with Crippen molar-refractivity contribution < 1.29 is 0 Å². The largest absolute Gasteiger partial charge is 0.0622 e. The van der Waals surface area contributed by atoms with Crippen molar-refractivity contribution in [3.8, 4) is 0 Å². The molecule has 0 amide bonds. The van der Waals surface area contributed by atoms with Gasteiger partial charge in [-0.2, -0.15) is 0 Å². The number of rotatable bonds is 0. The minimum absolute atomic E-state index is 0.877. The maximum absolute atomic E-state index is 2.51. The van der Waals surface area contributed by atoms with Crippen molar-refractivity contribution >= 4 is 0 Å². The van der Waals surface area contributed by atoms with Crippen molar-refractivity contribution in [1.82, 2.24) is 0 Å². The third-order valence-corrected chi connectivity index (χ3v) is 2.23. The van der Waals surface area contributed by atoms with Crippen molar-refractivity contribution in [2.45, 2.75) is 39.5 Å². The number of hydrogen-bond acceptors (Lipinski definition) is 0. The molecule has 0 saturated heterocycles. The minimum atomic E-state index is 0.877. The van der Waals surface area contributed by atoms with E-state index in [9.17, 15) is 0 Å². The molecule has 1 radical (unpaired) electrons. The van der Waals surface area contributed by atoms with Gasteiger partial charge in [0.25, 0.3) is 0 Å². The molecule has 1 aliphatic rings. The fraction of sp³-hybridized carbons (Fsp3) is 0.889. The zero-order chi connectivity index (χ0) is 6.69. The second-order valence-electron chi connectivity index (χ2n) is 3.43. The summed E-state index contributed by atoms with van der Waals surface area (Å²) in [6, 6.07) is 0. The lowest BCUT2D eigenvalue weighted by molar-refractivity contribution is 0.556. The molecule has 1 aliphatic carbocycles. The summed E-state index contributed by atoms with van der Waals surface area (Å²) in [6.45, 7) is 4.67. The molecule has 0 spiro atoms. The van der Waals surface area contributed by atoms with Gasteiger partial charge in [-0.1, -0.05) is 39.5 Å². The fourth-order valence-corrected chi connectivity index (χ4v) is 1.69. The van der Waals surface area contributed by atoms with Crippen LogP contribution in [0, 0.1) is 18.3 Å². The molecular formula is C9H17. The standard InChI is InChI=1S/C9H17/c1-8-5-3-4-6-9(2)7-8/h7-9H,3-6H2,1-2H3. The molecule has 0 bridgehead atoms. The lowest BCUT2D eigenvalue weighted by atomic mass is 9.97. The Kier molecular flexibility index (Phi) is 2.56. The Morgan fingerprint density at radius 3 is 1.89 bits per heavy atom. The summed E-state index contributed by atoms with van der Waals surface area (Å²) >= 11 is 0. The number of hydrogen-bond donors (Lipinski definition) is 0. The highest BCUT2D eigenvalue weighted by Gasteiger charge is 2.12. The van der Waals surface area contributed by atoms with Crippen molar-refractivity contribution in [2.75, 3.05) is 0 Å². The van der Waals surface area contributed by atoms with Crippen molar-refractivity contribution in [3.63, 3.8) is 0 Å². The van der Waals surface area contributed by atoms with Gasteiger partial charge in [-0.25, -0.2) is 0 Å². The Hall–Kier alpha value is 0. The van der Waals surface area contributed by atoms with E-state index in [0.717, 1.165) is 11.8 Å². The van der Waals surface area contributed by atoms with E-state index >= 15 is 0 Å². The van der Waals surface area contributed by atoms with Crippen molar-refractivity contribution in [1.29, 1.82) is 0 Å². The lowest BCUT2D eigenvalue weighted by Gasteiger charge is -2.09. The van der Waals surface area contributed by atoms with Gasteiger partial charge in [0.2, 0.25) is 0 Å². The highest BCUT2D eigenvalue weighted by atomic mass is 14.2. The Morgan fingerprint density at radius 1 is 1.00 bits per heavy atom. The van der Waals surface area contributed by atoms with E-state index in [2.05, 4.69) is 20.3 Å². The first-order valence-electron chi connectivity index (χ1n) is 4.14. The Labute approximate surface area is 58.7 Å². The highest BCUT2D eigenvalue weighted by Crippen LogP contribution is 2.25. The maximum atomic E-state index is 2.51. The molecule has 0 aliphatic heterocycles. The average molecular weight is 125 g/mol. The second kappa shape index (κ2) is 3.24. The Morgan fingerprint density at radius 2 is 1.44 bits per heavy atom. The smallest absolute Gasteiger partial charge is 0.0329 e. The summed E-state index contributed by atoms with van der Waals surface area (Å²) in [5.41, 5.74) is 0. The van der Waals surface area contributed by atoms with Crippen LogP contribution in [-0.2, 0) is 0 Å². The molecule has 0 nitrogen and oxygen atoms in total. The summed E-state index contributed by atoms with van der Waals surface area (Å²) in [5.74, 6) is 1.75. The van der Waals surface area contributed by atoms with E-state index in [1.54, 1.807) is 0 Å². The average Bonchev–Trinajstić information content (AvgIpc) is 1.93. The summed E-state index contributed by atoms with van der Waals surface area (Å²) in [6.07, 6.45) is 8.24. The third-order valence-electron chi connectivity index (χ3n) is 2.23. The van der Waals surface area contributed by atoms with E-state index in [-0.39, 0.29) is 0 Å². The van der Waals surface area contributed by atoms with E-state index in [1.807, 2.05) is 0 Å². The SMILES string of the molecule is CC1[CH]C(C)CCCC1. The molecule has 1 saturated carbocycles. The molecule has 0 aromatic heterocycles. The third kappa shape index (κ3) is 2.38. The Bertz CT molecular complexity index is 66.1. The molecule has 53 valence electrons. The molecule has 9 heavy (non-hydrogen) atoms. The quantitative estimate of drug-likeness (QED) is 0.436. The monoisotopic (exact) mass is 125 g/mol. The Balaban J connectivity index is 2.29. The molecule has 0 N–H and O–H groups in total. The van der Waals surface area contributed by atoms with Crippen molar-refractivity contribution in [3.05, 3.63) is 6.42 Å². The van der Waals surface area contributed by atoms with Crippen LogP contribution >= 0.6 is 0 Å². The van der Waals surface area contributed by atoms with E-state index < -0.39 is 0 Å². The molecule has 0 heterocycles. The lowest BCUT2D eigenvalue weighted by Crippen LogP contribution is -1.99. The van der Waals surface area contributed by atoms with Gasteiger partial charge in [0.15, 0.2) is 0 Å². The summed E-state index contributed by atoms with van der Waals surface area (Å²) < 4.78 is 0. The van der Waals surface area contributed by atoms with Crippen molar-refractivity contribution in [2.24, 2.45) is 11.8 Å². The van der Waals surface area contributed by atoms with Gasteiger partial charge in [-0.05, 0) is 18.3 Å². The van der Waals surface area contributed by atoms with Crippen LogP contribution in [0.1, 0.15) is 39.5 Å². The van der Waals surface area contributed by atoms with Gasteiger partial charge in [-0.15, -0.1) is 0 Å². The van der Waals surface area contributed by atoms with Crippen LogP contribution in [0.15, 0.2) is 0 Å². The van der Waals surface area contributed by atoms with Gasteiger partial charge >= 0.3 is 0 Å². The van der Waals surface area contributed by atoms with E-state index in [1.165, 1.54) is 25.7 Å². The van der Waals surface area contributed by atoms with Gasteiger partial charge in [-0.3, -0.25) is 0 Å². The van der Waals surface area contributed by atoms with Gasteiger partial charge in [0.05, 0.1) is 0 Å². The molecule has 1 rings (SSSR count). The molecule has 2 atom stereocenters. The first-order valence-corrected chi connectivity index (χ1v) is 4.14. The summed E-state index contributed by atoms with van der Waals surface area (Å²) in [5, 5.41) is 0.